The van der Waals surface area contributed by atoms with Crippen molar-refractivity contribution in [3.8, 4) is 0 Å². The monoisotopic (exact) mass is 238 g/mol. The highest BCUT2D eigenvalue weighted by molar-refractivity contribution is 4.95. The molecule has 1 heterocycles. The van der Waals surface area contributed by atoms with Crippen LogP contribution in [0.25, 0.3) is 0 Å². The predicted molar refractivity (Wildman–Crippen MR) is 74.3 cm³/mol. The third-order valence-electron chi connectivity index (χ3n) is 5.53. The van der Waals surface area contributed by atoms with Gasteiger partial charge in [-0.15, -0.1) is 0 Å². The lowest BCUT2D eigenvalue weighted by atomic mass is 9.74. The quantitative estimate of drug-likeness (QED) is 0.730. The van der Waals surface area contributed by atoms with Crippen LogP contribution >= 0.6 is 0 Å². The van der Waals surface area contributed by atoms with E-state index in [1.165, 1.54) is 45.4 Å². The lowest BCUT2D eigenvalue weighted by molar-refractivity contribution is -0.0296. The van der Waals surface area contributed by atoms with Crippen LogP contribution < -0.4 is 0 Å². The van der Waals surface area contributed by atoms with E-state index in [-0.39, 0.29) is 0 Å². The Labute approximate surface area is 107 Å². The van der Waals surface area contributed by atoms with Gasteiger partial charge in [-0.2, -0.15) is 0 Å². The molecule has 2 rings (SSSR count). The zero-order valence-electron chi connectivity index (χ0n) is 12.4. The first-order valence-electron chi connectivity index (χ1n) is 7.31. The van der Waals surface area contributed by atoms with E-state index in [4.69, 9.17) is 0 Å². The predicted octanol–water partition coefficient (Wildman–Crippen LogP) is 2.98. The lowest BCUT2D eigenvalue weighted by Gasteiger charge is -2.52. The summed E-state index contributed by atoms with van der Waals surface area (Å²) in [5.74, 6) is 0. The summed E-state index contributed by atoms with van der Waals surface area (Å²) in [5.41, 5.74) is 0.657. The van der Waals surface area contributed by atoms with Crippen molar-refractivity contribution in [1.29, 1.82) is 0 Å². The molecule has 100 valence electrons. The summed E-state index contributed by atoms with van der Waals surface area (Å²) in [6.45, 7) is 17.0. The van der Waals surface area contributed by atoms with Crippen molar-refractivity contribution in [2.24, 2.45) is 5.41 Å². The van der Waals surface area contributed by atoms with Gasteiger partial charge in [0.05, 0.1) is 0 Å². The van der Waals surface area contributed by atoms with Gasteiger partial charge < -0.3 is 0 Å². The summed E-state index contributed by atoms with van der Waals surface area (Å²) in [6, 6.07) is 0.926. The highest BCUT2D eigenvalue weighted by Crippen LogP contribution is 2.36. The first kappa shape index (κ1) is 13.4. The SMILES string of the molecule is CC(C)(C)C(C)(C)N1CCN(C2CCC2)CC1. The smallest absolute Gasteiger partial charge is 0.0202 e. The Morgan fingerprint density at radius 1 is 0.824 bits per heavy atom. The number of hydrogen-bond donors (Lipinski definition) is 0. The lowest BCUT2D eigenvalue weighted by Crippen LogP contribution is -2.61. The standard InChI is InChI=1S/C15H30N2/c1-14(2,3)15(4,5)17-11-9-16(10-12-17)13-7-6-8-13/h13H,6-12H2,1-5H3. The number of hydrogen-bond acceptors (Lipinski definition) is 2. The average molecular weight is 238 g/mol. The van der Waals surface area contributed by atoms with Gasteiger partial charge in [-0.1, -0.05) is 27.2 Å². The van der Waals surface area contributed by atoms with Gasteiger partial charge in [0.2, 0.25) is 0 Å². The molecule has 0 aromatic heterocycles. The minimum atomic E-state index is 0.304. The fourth-order valence-electron chi connectivity index (χ4n) is 2.87. The maximum absolute atomic E-state index is 2.72. The summed E-state index contributed by atoms with van der Waals surface area (Å²) < 4.78 is 0. The van der Waals surface area contributed by atoms with E-state index in [0.29, 0.717) is 11.0 Å². The van der Waals surface area contributed by atoms with E-state index in [1.54, 1.807) is 0 Å². The maximum Gasteiger partial charge on any atom is 0.0202 e. The molecule has 2 fully saturated rings. The normalized spacial score (nSPS) is 25.9. The fraction of sp³-hybridized carbons (Fsp3) is 1.00. The Bertz CT molecular complexity index is 253. The molecule has 1 aliphatic heterocycles. The molecule has 2 heteroatoms. The molecular weight excluding hydrogens is 208 g/mol. The van der Waals surface area contributed by atoms with Gasteiger partial charge in [-0.05, 0) is 32.1 Å². The topological polar surface area (TPSA) is 6.48 Å². The molecule has 0 unspecified atom stereocenters. The third-order valence-corrected chi connectivity index (χ3v) is 5.53. The Morgan fingerprint density at radius 3 is 1.71 bits per heavy atom. The molecule has 1 aliphatic carbocycles. The van der Waals surface area contributed by atoms with Crippen molar-refractivity contribution in [1.82, 2.24) is 9.80 Å². The van der Waals surface area contributed by atoms with E-state index in [9.17, 15) is 0 Å². The van der Waals surface area contributed by atoms with Crippen LogP contribution in [-0.2, 0) is 0 Å². The van der Waals surface area contributed by atoms with Gasteiger partial charge in [0, 0.05) is 37.8 Å². The zero-order chi connectivity index (χ0) is 12.7. The average Bonchev–Trinajstić information content (AvgIpc) is 2.14. The van der Waals surface area contributed by atoms with Crippen molar-refractivity contribution < 1.29 is 0 Å². The highest BCUT2D eigenvalue weighted by atomic mass is 15.3. The molecule has 1 saturated carbocycles. The second kappa shape index (κ2) is 4.55. The molecule has 0 atom stereocenters. The molecule has 0 aromatic carbocycles. The molecule has 0 aromatic rings. The molecule has 1 saturated heterocycles. The van der Waals surface area contributed by atoms with E-state index < -0.39 is 0 Å². The number of nitrogens with zero attached hydrogens (tertiary/aromatic N) is 2. The zero-order valence-corrected chi connectivity index (χ0v) is 12.4. The summed E-state index contributed by atoms with van der Waals surface area (Å²) in [6.07, 6.45) is 4.35. The molecule has 17 heavy (non-hydrogen) atoms. The van der Waals surface area contributed by atoms with Crippen LogP contribution in [0.4, 0.5) is 0 Å². The van der Waals surface area contributed by atoms with E-state index >= 15 is 0 Å². The minimum Gasteiger partial charge on any atom is -0.298 e. The molecule has 0 N–H and O–H groups in total. The van der Waals surface area contributed by atoms with Crippen LogP contribution in [0.3, 0.4) is 0 Å². The van der Waals surface area contributed by atoms with Gasteiger partial charge in [-0.25, -0.2) is 0 Å². The van der Waals surface area contributed by atoms with Crippen molar-refractivity contribution in [3.05, 3.63) is 0 Å². The van der Waals surface area contributed by atoms with Gasteiger partial charge in [0.1, 0.15) is 0 Å². The summed E-state index contributed by atoms with van der Waals surface area (Å²) in [4.78, 5) is 5.42. The molecule has 2 aliphatic rings. The summed E-state index contributed by atoms with van der Waals surface area (Å²) >= 11 is 0. The Hall–Kier alpha value is -0.0800. The van der Waals surface area contributed by atoms with Crippen LogP contribution in [0.5, 0.6) is 0 Å². The van der Waals surface area contributed by atoms with Crippen LogP contribution in [0.1, 0.15) is 53.9 Å². The molecule has 0 amide bonds. The van der Waals surface area contributed by atoms with Crippen molar-refractivity contribution >= 4 is 0 Å². The van der Waals surface area contributed by atoms with Crippen LogP contribution in [0.2, 0.25) is 0 Å². The van der Waals surface area contributed by atoms with Gasteiger partial charge >= 0.3 is 0 Å². The fourth-order valence-corrected chi connectivity index (χ4v) is 2.87. The third kappa shape index (κ3) is 2.53. The first-order chi connectivity index (χ1) is 7.82. The van der Waals surface area contributed by atoms with Crippen molar-refractivity contribution in [2.75, 3.05) is 26.2 Å². The van der Waals surface area contributed by atoms with Gasteiger partial charge in [-0.3, -0.25) is 9.80 Å². The van der Waals surface area contributed by atoms with E-state index in [2.05, 4.69) is 44.4 Å². The summed E-state index contributed by atoms with van der Waals surface area (Å²) in [7, 11) is 0. The van der Waals surface area contributed by atoms with Crippen LogP contribution in [0, 0.1) is 5.41 Å². The first-order valence-corrected chi connectivity index (χ1v) is 7.31. The Kier molecular flexibility index (Phi) is 3.57. The van der Waals surface area contributed by atoms with E-state index in [1.807, 2.05) is 0 Å². The van der Waals surface area contributed by atoms with Gasteiger partial charge in [0.25, 0.3) is 0 Å². The number of rotatable bonds is 2. The molecule has 0 bridgehead atoms. The van der Waals surface area contributed by atoms with Crippen molar-refractivity contribution in [3.63, 3.8) is 0 Å². The van der Waals surface area contributed by atoms with Crippen LogP contribution in [0.15, 0.2) is 0 Å². The molecule has 0 radical (unpaired) electrons. The van der Waals surface area contributed by atoms with E-state index in [0.717, 1.165) is 6.04 Å². The Morgan fingerprint density at radius 2 is 1.35 bits per heavy atom. The number of piperazine rings is 1. The second-order valence-electron chi connectivity index (χ2n) is 7.42. The molecular formula is C15H30N2. The largest absolute Gasteiger partial charge is 0.298 e. The minimum absolute atomic E-state index is 0.304. The van der Waals surface area contributed by atoms with Gasteiger partial charge in [0.15, 0.2) is 0 Å². The molecule has 0 spiro atoms. The Balaban J connectivity index is 1.89. The second-order valence-corrected chi connectivity index (χ2v) is 7.42. The summed E-state index contributed by atoms with van der Waals surface area (Å²) in [5, 5.41) is 0. The van der Waals surface area contributed by atoms with Crippen LogP contribution in [-0.4, -0.2) is 47.6 Å². The highest BCUT2D eigenvalue weighted by Gasteiger charge is 2.40. The van der Waals surface area contributed by atoms with Crippen molar-refractivity contribution in [2.45, 2.75) is 65.5 Å². The maximum atomic E-state index is 2.72. The molecule has 2 nitrogen and oxygen atoms in total.